The van der Waals surface area contributed by atoms with Crippen LogP contribution in [-0.4, -0.2) is 37.4 Å². The SMILES string of the molecule is Cn1cncc1-c1cncc(C(=O)NC2CCC(F)(F)CC2)n1. The molecule has 0 bridgehead atoms. The molecule has 6 nitrogen and oxygen atoms in total. The minimum Gasteiger partial charge on any atom is -0.348 e. The summed E-state index contributed by atoms with van der Waals surface area (Å²) in [5.74, 6) is -3.00. The molecule has 0 unspecified atom stereocenters. The van der Waals surface area contributed by atoms with Gasteiger partial charge in [0.05, 0.1) is 30.6 Å². The Labute approximate surface area is 132 Å². The van der Waals surface area contributed by atoms with E-state index in [2.05, 4.69) is 20.3 Å². The maximum absolute atomic E-state index is 13.1. The quantitative estimate of drug-likeness (QED) is 0.940. The molecular formula is C15H17F2N5O. The molecule has 3 rings (SSSR count). The number of nitrogens with one attached hydrogen (secondary N) is 1. The zero-order valence-corrected chi connectivity index (χ0v) is 12.7. The van der Waals surface area contributed by atoms with Gasteiger partial charge in [-0.2, -0.15) is 0 Å². The number of carbonyl (C=O) groups excluding carboxylic acids is 1. The molecule has 23 heavy (non-hydrogen) atoms. The van der Waals surface area contributed by atoms with Gasteiger partial charge in [-0.25, -0.2) is 18.7 Å². The van der Waals surface area contributed by atoms with Crippen molar-refractivity contribution in [2.75, 3.05) is 0 Å². The van der Waals surface area contributed by atoms with Gasteiger partial charge in [0.2, 0.25) is 5.92 Å². The van der Waals surface area contributed by atoms with E-state index in [-0.39, 0.29) is 37.4 Å². The number of imidazole rings is 1. The fourth-order valence-electron chi connectivity index (χ4n) is 2.65. The Kier molecular flexibility index (Phi) is 4.06. The number of halogens is 2. The molecule has 0 aliphatic heterocycles. The second-order valence-electron chi connectivity index (χ2n) is 5.78. The van der Waals surface area contributed by atoms with Gasteiger partial charge in [-0.15, -0.1) is 0 Å². The van der Waals surface area contributed by atoms with Crippen LogP contribution in [0.1, 0.15) is 36.2 Å². The Morgan fingerprint density at radius 2 is 2.00 bits per heavy atom. The van der Waals surface area contributed by atoms with E-state index in [9.17, 15) is 13.6 Å². The summed E-state index contributed by atoms with van der Waals surface area (Å²) >= 11 is 0. The normalized spacial score (nSPS) is 17.9. The fraction of sp³-hybridized carbons (Fsp3) is 0.467. The zero-order valence-electron chi connectivity index (χ0n) is 12.7. The van der Waals surface area contributed by atoms with Crippen molar-refractivity contribution >= 4 is 5.91 Å². The number of hydrogen-bond donors (Lipinski definition) is 1. The molecule has 1 aliphatic rings. The average Bonchev–Trinajstić information content (AvgIpc) is 2.95. The van der Waals surface area contributed by atoms with Gasteiger partial charge < -0.3 is 9.88 Å². The van der Waals surface area contributed by atoms with Crippen molar-refractivity contribution in [1.82, 2.24) is 24.8 Å². The third-order valence-electron chi connectivity index (χ3n) is 4.00. The lowest BCUT2D eigenvalue weighted by molar-refractivity contribution is -0.0399. The average molecular weight is 321 g/mol. The Balaban J connectivity index is 1.70. The number of carbonyl (C=O) groups is 1. The monoisotopic (exact) mass is 321 g/mol. The minimum absolute atomic E-state index is 0.168. The van der Waals surface area contributed by atoms with E-state index in [0.29, 0.717) is 5.69 Å². The summed E-state index contributed by atoms with van der Waals surface area (Å²) < 4.78 is 28.1. The summed E-state index contributed by atoms with van der Waals surface area (Å²) in [5, 5.41) is 2.76. The molecule has 1 aliphatic carbocycles. The Bertz CT molecular complexity index is 705. The second-order valence-corrected chi connectivity index (χ2v) is 5.78. The van der Waals surface area contributed by atoms with Crippen LogP contribution in [0, 0.1) is 0 Å². The van der Waals surface area contributed by atoms with E-state index < -0.39 is 11.8 Å². The highest BCUT2D eigenvalue weighted by Crippen LogP contribution is 2.33. The summed E-state index contributed by atoms with van der Waals surface area (Å²) in [6, 6.07) is -0.246. The predicted octanol–water partition coefficient (Wildman–Crippen LogP) is 2.18. The smallest absolute Gasteiger partial charge is 0.271 e. The van der Waals surface area contributed by atoms with Crippen LogP contribution in [0.5, 0.6) is 0 Å². The van der Waals surface area contributed by atoms with Gasteiger partial charge in [0.25, 0.3) is 5.91 Å². The molecule has 0 aromatic carbocycles. The maximum Gasteiger partial charge on any atom is 0.271 e. The Hall–Kier alpha value is -2.38. The van der Waals surface area contributed by atoms with Crippen molar-refractivity contribution < 1.29 is 13.6 Å². The second kappa shape index (κ2) is 6.02. The number of amides is 1. The van der Waals surface area contributed by atoms with Crippen molar-refractivity contribution in [3.05, 3.63) is 30.6 Å². The van der Waals surface area contributed by atoms with Gasteiger partial charge in [0.1, 0.15) is 11.4 Å². The van der Waals surface area contributed by atoms with Crippen molar-refractivity contribution in [2.24, 2.45) is 7.05 Å². The molecule has 2 heterocycles. The summed E-state index contributed by atoms with van der Waals surface area (Å²) in [5.41, 5.74) is 1.44. The molecule has 0 atom stereocenters. The van der Waals surface area contributed by atoms with Crippen LogP contribution in [0.15, 0.2) is 24.9 Å². The number of hydrogen-bond acceptors (Lipinski definition) is 4. The highest BCUT2D eigenvalue weighted by molar-refractivity contribution is 5.92. The number of aromatic nitrogens is 4. The van der Waals surface area contributed by atoms with E-state index >= 15 is 0 Å². The van der Waals surface area contributed by atoms with Crippen LogP contribution < -0.4 is 5.32 Å². The van der Waals surface area contributed by atoms with Crippen molar-refractivity contribution in [3.63, 3.8) is 0 Å². The molecular weight excluding hydrogens is 304 g/mol. The number of alkyl halides is 2. The Morgan fingerprint density at radius 1 is 1.26 bits per heavy atom. The van der Waals surface area contributed by atoms with Gasteiger partial charge >= 0.3 is 0 Å². The molecule has 2 aromatic heterocycles. The van der Waals surface area contributed by atoms with Gasteiger partial charge in [0.15, 0.2) is 0 Å². The lowest BCUT2D eigenvalue weighted by Crippen LogP contribution is -2.40. The minimum atomic E-state index is -2.61. The van der Waals surface area contributed by atoms with Gasteiger partial charge in [0, 0.05) is 25.9 Å². The molecule has 8 heteroatoms. The first-order valence-electron chi connectivity index (χ1n) is 7.42. The lowest BCUT2D eigenvalue weighted by Gasteiger charge is -2.28. The third-order valence-corrected chi connectivity index (χ3v) is 4.00. The molecule has 1 amide bonds. The van der Waals surface area contributed by atoms with Crippen LogP contribution in [-0.2, 0) is 7.05 Å². The van der Waals surface area contributed by atoms with E-state index in [4.69, 9.17) is 0 Å². The van der Waals surface area contributed by atoms with Crippen LogP contribution in [0.2, 0.25) is 0 Å². The van der Waals surface area contributed by atoms with Gasteiger partial charge in [-0.3, -0.25) is 9.78 Å². The van der Waals surface area contributed by atoms with E-state index in [1.165, 1.54) is 6.20 Å². The molecule has 1 fully saturated rings. The third kappa shape index (κ3) is 3.52. The standard InChI is InChI=1S/C15H17F2N5O/c1-22-9-19-8-13(22)11-6-18-7-12(21-11)14(23)20-10-2-4-15(16,17)5-3-10/h6-10H,2-5H2,1H3,(H,20,23). The van der Waals surface area contributed by atoms with Crippen LogP contribution >= 0.6 is 0 Å². The van der Waals surface area contributed by atoms with Crippen LogP contribution in [0.25, 0.3) is 11.4 Å². The predicted molar refractivity (Wildman–Crippen MR) is 78.9 cm³/mol. The molecule has 2 aromatic rings. The van der Waals surface area contributed by atoms with Crippen molar-refractivity contribution in [3.8, 4) is 11.4 Å². The number of nitrogens with zero attached hydrogens (tertiary/aromatic N) is 4. The molecule has 0 saturated heterocycles. The van der Waals surface area contributed by atoms with E-state index in [0.717, 1.165) is 5.69 Å². The van der Waals surface area contributed by atoms with E-state index in [1.807, 2.05) is 7.05 Å². The fourth-order valence-corrected chi connectivity index (χ4v) is 2.65. The topological polar surface area (TPSA) is 72.7 Å². The number of rotatable bonds is 3. The van der Waals surface area contributed by atoms with Crippen LogP contribution in [0.3, 0.4) is 0 Å². The van der Waals surface area contributed by atoms with Crippen molar-refractivity contribution in [1.29, 1.82) is 0 Å². The maximum atomic E-state index is 13.1. The molecule has 0 spiro atoms. The van der Waals surface area contributed by atoms with Gasteiger partial charge in [-0.05, 0) is 12.8 Å². The summed E-state index contributed by atoms with van der Waals surface area (Å²) in [7, 11) is 1.82. The largest absolute Gasteiger partial charge is 0.348 e. The lowest BCUT2D eigenvalue weighted by atomic mass is 9.92. The molecule has 1 N–H and O–H groups in total. The first-order valence-corrected chi connectivity index (χ1v) is 7.42. The van der Waals surface area contributed by atoms with Gasteiger partial charge in [-0.1, -0.05) is 0 Å². The molecule has 0 radical (unpaired) electrons. The van der Waals surface area contributed by atoms with Crippen molar-refractivity contribution in [2.45, 2.75) is 37.6 Å². The number of aryl methyl sites for hydroxylation is 1. The highest BCUT2D eigenvalue weighted by atomic mass is 19.3. The first-order chi connectivity index (χ1) is 10.9. The summed E-state index contributed by atoms with van der Waals surface area (Å²) in [4.78, 5) is 24.6. The zero-order chi connectivity index (χ0) is 16.4. The molecule has 1 saturated carbocycles. The molecule has 122 valence electrons. The summed E-state index contributed by atoms with van der Waals surface area (Å²) in [6.45, 7) is 0. The summed E-state index contributed by atoms with van der Waals surface area (Å²) in [6.07, 6.45) is 6.33. The van der Waals surface area contributed by atoms with Crippen LogP contribution in [0.4, 0.5) is 8.78 Å². The first kappa shape index (κ1) is 15.5. The highest BCUT2D eigenvalue weighted by Gasteiger charge is 2.35. The Morgan fingerprint density at radius 3 is 2.65 bits per heavy atom. The van der Waals surface area contributed by atoms with E-state index in [1.54, 1.807) is 23.3 Å².